The van der Waals surface area contributed by atoms with Crippen LogP contribution in [0.3, 0.4) is 0 Å². The number of nitrogens with one attached hydrogen (secondary N) is 1. The molecule has 8 nitrogen and oxygen atoms in total. The molecule has 29 heavy (non-hydrogen) atoms. The molecule has 0 aliphatic rings. The normalized spacial score (nSPS) is 11.1. The summed E-state index contributed by atoms with van der Waals surface area (Å²) in [5.74, 6) is 0.663. The molecule has 0 saturated carbocycles. The summed E-state index contributed by atoms with van der Waals surface area (Å²) in [6.45, 7) is 2.03. The molecule has 3 aromatic heterocycles. The number of anilines is 1. The molecule has 1 aromatic carbocycles. The van der Waals surface area contributed by atoms with Crippen molar-refractivity contribution in [2.24, 2.45) is 14.1 Å². The first-order valence-electron chi connectivity index (χ1n) is 8.77. The number of thiazole rings is 1. The summed E-state index contributed by atoms with van der Waals surface area (Å²) < 4.78 is 4.34. The minimum atomic E-state index is -0.155. The Morgan fingerprint density at radius 3 is 2.83 bits per heavy atom. The van der Waals surface area contributed by atoms with Crippen molar-refractivity contribution >= 4 is 44.4 Å². The Balaban J connectivity index is 1.43. The fourth-order valence-corrected chi connectivity index (χ4v) is 4.48. The molecular formula is C19H18N6O2S2. The van der Waals surface area contributed by atoms with Gasteiger partial charge >= 0.3 is 0 Å². The van der Waals surface area contributed by atoms with Crippen molar-refractivity contribution < 1.29 is 4.79 Å². The summed E-state index contributed by atoms with van der Waals surface area (Å²) in [7, 11) is 3.52. The van der Waals surface area contributed by atoms with E-state index in [4.69, 9.17) is 0 Å². The third-order valence-electron chi connectivity index (χ3n) is 4.30. The standard InChI is InChI=1S/C19H18N6O2S2/c1-11-4-6-13-14(8-11)29-18(20-13)21-15(26)10-28-19-23-22-17(25(19)3)12-5-7-16(27)24(2)9-12/h4-9H,10H2,1-3H3,(H,20,21,26). The lowest BCUT2D eigenvalue weighted by molar-refractivity contribution is -0.113. The predicted molar refractivity (Wildman–Crippen MR) is 115 cm³/mol. The number of aryl methyl sites for hydroxylation is 2. The molecule has 0 bridgehead atoms. The van der Waals surface area contributed by atoms with Gasteiger partial charge in [-0.3, -0.25) is 9.59 Å². The van der Waals surface area contributed by atoms with Gasteiger partial charge in [0.2, 0.25) is 11.5 Å². The Bertz CT molecular complexity index is 1270. The van der Waals surface area contributed by atoms with Gasteiger partial charge in [0, 0.05) is 31.9 Å². The summed E-state index contributed by atoms with van der Waals surface area (Å²) in [6.07, 6.45) is 1.71. The number of pyridine rings is 1. The first kappa shape index (κ1) is 19.3. The number of nitrogens with zero attached hydrogens (tertiary/aromatic N) is 5. The third-order valence-corrected chi connectivity index (χ3v) is 6.26. The van der Waals surface area contributed by atoms with Crippen LogP contribution in [0.15, 0.2) is 46.5 Å². The highest BCUT2D eigenvalue weighted by atomic mass is 32.2. The van der Waals surface area contributed by atoms with Crippen LogP contribution in [0.2, 0.25) is 0 Å². The molecule has 1 N–H and O–H groups in total. The first-order valence-corrected chi connectivity index (χ1v) is 10.6. The number of aromatic nitrogens is 5. The Morgan fingerprint density at radius 2 is 2.03 bits per heavy atom. The van der Waals surface area contributed by atoms with E-state index < -0.39 is 0 Å². The lowest BCUT2D eigenvalue weighted by Crippen LogP contribution is -2.15. The smallest absolute Gasteiger partial charge is 0.250 e. The molecule has 1 amide bonds. The lowest BCUT2D eigenvalue weighted by Gasteiger charge is -2.05. The first-order chi connectivity index (χ1) is 13.9. The summed E-state index contributed by atoms with van der Waals surface area (Å²) in [6, 6.07) is 9.20. The van der Waals surface area contributed by atoms with E-state index in [-0.39, 0.29) is 17.2 Å². The zero-order valence-corrected chi connectivity index (χ0v) is 17.7. The van der Waals surface area contributed by atoms with Gasteiger partial charge in [-0.2, -0.15) is 0 Å². The maximum Gasteiger partial charge on any atom is 0.250 e. The van der Waals surface area contributed by atoms with Crippen molar-refractivity contribution in [3.63, 3.8) is 0 Å². The van der Waals surface area contributed by atoms with Crippen molar-refractivity contribution in [3.8, 4) is 11.4 Å². The molecule has 0 spiro atoms. The molecule has 0 radical (unpaired) electrons. The number of carbonyl (C=O) groups is 1. The second kappa shape index (κ2) is 7.80. The van der Waals surface area contributed by atoms with Crippen LogP contribution < -0.4 is 10.9 Å². The topological polar surface area (TPSA) is 94.7 Å². The fraction of sp³-hybridized carbons (Fsp3) is 0.211. The van der Waals surface area contributed by atoms with Gasteiger partial charge in [0.05, 0.1) is 16.0 Å². The average Bonchev–Trinajstić information content (AvgIpc) is 3.24. The number of carbonyl (C=O) groups excluding carboxylic acids is 1. The number of amides is 1. The van der Waals surface area contributed by atoms with Crippen molar-refractivity contribution in [2.75, 3.05) is 11.1 Å². The fourth-order valence-electron chi connectivity index (χ4n) is 2.79. The van der Waals surface area contributed by atoms with Crippen molar-refractivity contribution in [2.45, 2.75) is 12.1 Å². The zero-order chi connectivity index (χ0) is 20.5. The van der Waals surface area contributed by atoms with Crippen LogP contribution in [0.25, 0.3) is 21.6 Å². The van der Waals surface area contributed by atoms with Gasteiger partial charge in [0.25, 0.3) is 0 Å². The van der Waals surface area contributed by atoms with E-state index in [2.05, 4.69) is 26.6 Å². The molecule has 148 valence electrons. The maximum atomic E-state index is 12.3. The van der Waals surface area contributed by atoms with E-state index in [1.807, 2.05) is 26.1 Å². The highest BCUT2D eigenvalue weighted by Crippen LogP contribution is 2.27. The minimum Gasteiger partial charge on any atom is -0.318 e. The predicted octanol–water partition coefficient (Wildman–Crippen LogP) is 2.83. The number of thioether (sulfide) groups is 1. The monoisotopic (exact) mass is 426 g/mol. The summed E-state index contributed by atoms with van der Waals surface area (Å²) >= 11 is 2.75. The number of rotatable bonds is 5. The van der Waals surface area contributed by atoms with Gasteiger partial charge < -0.3 is 14.5 Å². The number of fused-ring (bicyclic) bond motifs is 1. The van der Waals surface area contributed by atoms with Gasteiger partial charge in [-0.1, -0.05) is 29.2 Å². The Hall–Kier alpha value is -2.98. The molecule has 0 atom stereocenters. The Morgan fingerprint density at radius 1 is 1.21 bits per heavy atom. The van der Waals surface area contributed by atoms with Crippen molar-refractivity contribution in [1.29, 1.82) is 0 Å². The molecular weight excluding hydrogens is 408 g/mol. The van der Waals surface area contributed by atoms with Crippen molar-refractivity contribution in [3.05, 3.63) is 52.4 Å². The van der Waals surface area contributed by atoms with Gasteiger partial charge in [-0.15, -0.1) is 10.2 Å². The lowest BCUT2D eigenvalue weighted by atomic mass is 10.2. The SMILES string of the molecule is Cc1ccc2nc(NC(=O)CSc3nnc(-c4ccc(=O)n(C)c4)n3C)sc2c1. The average molecular weight is 427 g/mol. The van der Waals surface area contributed by atoms with Crippen LogP contribution >= 0.6 is 23.1 Å². The molecule has 4 aromatic rings. The molecule has 10 heteroatoms. The molecule has 0 saturated heterocycles. The molecule has 0 unspecified atom stereocenters. The van der Waals surface area contributed by atoms with E-state index in [0.29, 0.717) is 16.1 Å². The largest absolute Gasteiger partial charge is 0.318 e. The highest BCUT2D eigenvalue weighted by Gasteiger charge is 2.14. The number of hydrogen-bond donors (Lipinski definition) is 1. The van der Waals surface area contributed by atoms with Crippen LogP contribution in [0.5, 0.6) is 0 Å². The van der Waals surface area contributed by atoms with E-state index in [9.17, 15) is 9.59 Å². The van der Waals surface area contributed by atoms with Crippen molar-refractivity contribution in [1.82, 2.24) is 24.3 Å². The summed E-state index contributed by atoms with van der Waals surface area (Å²) in [5, 5.41) is 12.4. The number of hydrogen-bond acceptors (Lipinski definition) is 7. The molecule has 0 fully saturated rings. The van der Waals surface area contributed by atoms with E-state index in [1.165, 1.54) is 33.7 Å². The Kier molecular flexibility index (Phi) is 5.20. The summed E-state index contributed by atoms with van der Waals surface area (Å²) in [4.78, 5) is 28.3. The van der Waals surface area contributed by atoms with Crippen LogP contribution in [0.1, 0.15) is 5.56 Å². The molecule has 0 aliphatic carbocycles. The van der Waals surface area contributed by atoms with E-state index in [1.54, 1.807) is 23.9 Å². The number of benzene rings is 1. The quantitative estimate of drug-likeness (QED) is 0.493. The minimum absolute atomic E-state index is 0.0906. The molecule has 4 rings (SSSR count). The van der Waals surface area contributed by atoms with E-state index in [0.717, 1.165) is 21.3 Å². The highest BCUT2D eigenvalue weighted by molar-refractivity contribution is 7.99. The van der Waals surface area contributed by atoms with Crippen LogP contribution in [-0.4, -0.2) is 36.0 Å². The maximum absolute atomic E-state index is 12.3. The van der Waals surface area contributed by atoms with Gasteiger partial charge in [0.1, 0.15) is 0 Å². The van der Waals surface area contributed by atoms with Gasteiger partial charge in [-0.25, -0.2) is 4.98 Å². The van der Waals surface area contributed by atoms with Crippen LogP contribution in [-0.2, 0) is 18.9 Å². The van der Waals surface area contributed by atoms with Gasteiger partial charge in [0.15, 0.2) is 16.1 Å². The second-order valence-corrected chi connectivity index (χ2v) is 8.53. The Labute approximate surface area is 174 Å². The van der Waals surface area contributed by atoms with Crippen LogP contribution in [0.4, 0.5) is 5.13 Å². The molecule has 0 aliphatic heterocycles. The van der Waals surface area contributed by atoms with Crippen LogP contribution in [0, 0.1) is 6.92 Å². The second-order valence-electron chi connectivity index (χ2n) is 6.56. The summed E-state index contributed by atoms with van der Waals surface area (Å²) in [5.41, 5.74) is 2.72. The third kappa shape index (κ3) is 4.08. The van der Waals surface area contributed by atoms with E-state index >= 15 is 0 Å². The van der Waals surface area contributed by atoms with Gasteiger partial charge in [-0.05, 0) is 30.7 Å². The molecule has 3 heterocycles. The zero-order valence-electron chi connectivity index (χ0n) is 16.0.